The van der Waals surface area contributed by atoms with Crippen LogP contribution < -0.4 is 16.4 Å². The topological polar surface area (TPSA) is 127 Å². The highest BCUT2D eigenvalue weighted by Gasteiger charge is 2.18. The van der Waals surface area contributed by atoms with Gasteiger partial charge in [0, 0.05) is 18.2 Å². The van der Waals surface area contributed by atoms with Crippen LogP contribution in [0.25, 0.3) is 0 Å². The third kappa shape index (κ3) is 4.75. The molecule has 3 aromatic carbocycles. The fourth-order valence-electron chi connectivity index (χ4n) is 2.68. The van der Waals surface area contributed by atoms with Crippen LogP contribution in [0.1, 0.15) is 26.3 Å². The molecule has 3 rings (SSSR count). The lowest BCUT2D eigenvalue weighted by Gasteiger charge is -2.09. The summed E-state index contributed by atoms with van der Waals surface area (Å²) in [4.78, 5) is 35.0. The zero-order valence-corrected chi connectivity index (χ0v) is 15.3. The smallest absolute Gasteiger partial charge is 0.282 e. The Hall–Kier alpha value is -4.20. The first-order valence-electron chi connectivity index (χ1n) is 8.72. The van der Waals surface area contributed by atoms with Crippen molar-refractivity contribution in [3.63, 3.8) is 0 Å². The van der Waals surface area contributed by atoms with E-state index in [9.17, 15) is 19.7 Å². The highest BCUT2D eigenvalue weighted by atomic mass is 16.6. The van der Waals surface area contributed by atoms with Crippen LogP contribution in [-0.2, 0) is 6.54 Å². The molecule has 4 N–H and O–H groups in total. The molecule has 0 bridgehead atoms. The van der Waals surface area contributed by atoms with Gasteiger partial charge < -0.3 is 16.4 Å². The van der Waals surface area contributed by atoms with Crippen LogP contribution in [0.2, 0.25) is 0 Å². The maximum absolute atomic E-state index is 12.3. The fraction of sp³-hybridized carbons (Fsp3) is 0.0476. The van der Waals surface area contributed by atoms with Crippen molar-refractivity contribution in [2.45, 2.75) is 6.54 Å². The van der Waals surface area contributed by atoms with Crippen molar-refractivity contribution in [2.75, 3.05) is 11.1 Å². The Balaban J connectivity index is 1.62. The lowest BCUT2D eigenvalue weighted by molar-refractivity contribution is -0.385. The molecule has 0 aliphatic carbocycles. The second kappa shape index (κ2) is 8.66. The SMILES string of the molecule is Nc1ccccc1NC(=O)c1ccc(CNC(=O)c2ccccc2[N+](=O)[O-])cc1. The molecule has 3 aromatic rings. The molecule has 8 heteroatoms. The van der Waals surface area contributed by atoms with Crippen molar-refractivity contribution in [3.8, 4) is 0 Å². The predicted molar refractivity (Wildman–Crippen MR) is 110 cm³/mol. The number of carbonyl (C=O) groups is 2. The van der Waals surface area contributed by atoms with Crippen LogP contribution in [-0.4, -0.2) is 16.7 Å². The molecule has 0 aliphatic heterocycles. The number of nitro benzene ring substituents is 1. The number of carbonyl (C=O) groups excluding carboxylic acids is 2. The number of nitrogens with two attached hydrogens (primary N) is 1. The highest BCUT2D eigenvalue weighted by Crippen LogP contribution is 2.19. The Labute approximate surface area is 166 Å². The molecule has 0 aliphatic rings. The average molecular weight is 390 g/mol. The van der Waals surface area contributed by atoms with Gasteiger partial charge in [-0.25, -0.2) is 0 Å². The minimum absolute atomic E-state index is 0.00560. The van der Waals surface area contributed by atoms with Gasteiger partial charge in [-0.1, -0.05) is 36.4 Å². The van der Waals surface area contributed by atoms with Gasteiger partial charge in [0.2, 0.25) is 0 Å². The molecule has 0 saturated carbocycles. The second-order valence-corrected chi connectivity index (χ2v) is 6.20. The Morgan fingerprint density at radius 1 is 0.897 bits per heavy atom. The van der Waals surface area contributed by atoms with Crippen LogP contribution in [0.4, 0.5) is 17.1 Å². The molecule has 0 unspecified atom stereocenters. The van der Waals surface area contributed by atoms with Gasteiger partial charge in [0.05, 0.1) is 16.3 Å². The number of rotatable bonds is 6. The van der Waals surface area contributed by atoms with Crippen molar-refractivity contribution >= 4 is 28.9 Å². The summed E-state index contributed by atoms with van der Waals surface area (Å²) in [7, 11) is 0. The van der Waals surface area contributed by atoms with E-state index in [0.29, 0.717) is 16.9 Å². The van der Waals surface area contributed by atoms with E-state index >= 15 is 0 Å². The van der Waals surface area contributed by atoms with Crippen LogP contribution in [0.5, 0.6) is 0 Å². The summed E-state index contributed by atoms with van der Waals surface area (Å²) in [6, 6.07) is 19.3. The van der Waals surface area contributed by atoms with Crippen LogP contribution in [0.15, 0.2) is 72.8 Å². The molecule has 0 saturated heterocycles. The predicted octanol–water partition coefficient (Wildman–Crippen LogP) is 3.36. The van der Waals surface area contributed by atoms with E-state index in [0.717, 1.165) is 5.56 Å². The maximum Gasteiger partial charge on any atom is 0.282 e. The minimum Gasteiger partial charge on any atom is -0.397 e. The van der Waals surface area contributed by atoms with Gasteiger partial charge in [-0.2, -0.15) is 0 Å². The van der Waals surface area contributed by atoms with E-state index in [-0.39, 0.29) is 23.7 Å². The van der Waals surface area contributed by atoms with Crippen molar-refractivity contribution < 1.29 is 14.5 Å². The average Bonchev–Trinajstić information content (AvgIpc) is 2.74. The standard InChI is InChI=1S/C21H18N4O4/c22-17-6-2-3-7-18(17)24-20(26)15-11-9-14(10-12-15)13-23-21(27)16-5-1-4-8-19(16)25(28)29/h1-12H,13,22H2,(H,23,27)(H,24,26). The first-order chi connectivity index (χ1) is 14.0. The van der Waals surface area contributed by atoms with Crippen molar-refractivity contribution in [3.05, 3.63) is 99.6 Å². The first kappa shape index (κ1) is 19.6. The van der Waals surface area contributed by atoms with E-state index < -0.39 is 10.8 Å². The number of hydrogen-bond donors (Lipinski definition) is 3. The lowest BCUT2D eigenvalue weighted by atomic mass is 10.1. The number of nitro groups is 1. The maximum atomic E-state index is 12.3. The largest absolute Gasteiger partial charge is 0.397 e. The molecule has 0 fully saturated rings. The Bertz CT molecular complexity index is 1060. The Morgan fingerprint density at radius 3 is 2.24 bits per heavy atom. The van der Waals surface area contributed by atoms with Crippen LogP contribution >= 0.6 is 0 Å². The summed E-state index contributed by atoms with van der Waals surface area (Å²) < 4.78 is 0. The number of para-hydroxylation sites is 3. The second-order valence-electron chi connectivity index (χ2n) is 6.20. The summed E-state index contributed by atoms with van der Waals surface area (Å²) in [6.07, 6.45) is 0. The summed E-state index contributed by atoms with van der Waals surface area (Å²) >= 11 is 0. The Kier molecular flexibility index (Phi) is 5.84. The van der Waals surface area contributed by atoms with Gasteiger partial charge >= 0.3 is 0 Å². The quantitative estimate of drug-likeness (QED) is 0.338. The Morgan fingerprint density at radius 2 is 1.55 bits per heavy atom. The molecule has 0 atom stereocenters. The first-order valence-corrected chi connectivity index (χ1v) is 8.72. The molecular formula is C21H18N4O4. The number of nitrogens with zero attached hydrogens (tertiary/aromatic N) is 1. The number of anilines is 2. The molecule has 8 nitrogen and oxygen atoms in total. The molecule has 2 amide bonds. The zero-order chi connectivity index (χ0) is 20.8. The summed E-state index contributed by atoms with van der Waals surface area (Å²) in [5.41, 5.74) is 7.73. The van der Waals surface area contributed by atoms with Gasteiger partial charge in [-0.05, 0) is 35.9 Å². The van der Waals surface area contributed by atoms with Crippen molar-refractivity contribution in [2.24, 2.45) is 0 Å². The van der Waals surface area contributed by atoms with Gasteiger partial charge in [-0.3, -0.25) is 19.7 Å². The van der Waals surface area contributed by atoms with E-state index in [1.165, 1.54) is 18.2 Å². The van der Waals surface area contributed by atoms with Gasteiger partial charge in [0.15, 0.2) is 0 Å². The number of nitrogen functional groups attached to an aromatic ring is 1. The molecule has 0 radical (unpaired) electrons. The van der Waals surface area contributed by atoms with E-state index in [1.54, 1.807) is 54.6 Å². The zero-order valence-electron chi connectivity index (χ0n) is 15.3. The third-order valence-corrected chi connectivity index (χ3v) is 4.22. The molecular weight excluding hydrogens is 372 g/mol. The normalized spacial score (nSPS) is 10.2. The van der Waals surface area contributed by atoms with E-state index in [1.807, 2.05) is 0 Å². The highest BCUT2D eigenvalue weighted by molar-refractivity contribution is 6.05. The minimum atomic E-state index is -0.595. The third-order valence-electron chi connectivity index (χ3n) is 4.22. The monoisotopic (exact) mass is 390 g/mol. The number of amides is 2. The van der Waals surface area contributed by atoms with Gasteiger partial charge in [-0.15, -0.1) is 0 Å². The molecule has 146 valence electrons. The summed E-state index contributed by atoms with van der Waals surface area (Å²) in [5, 5.41) is 16.4. The van der Waals surface area contributed by atoms with E-state index in [4.69, 9.17) is 5.73 Å². The fourth-order valence-corrected chi connectivity index (χ4v) is 2.68. The van der Waals surface area contributed by atoms with E-state index in [2.05, 4.69) is 10.6 Å². The molecule has 0 spiro atoms. The van der Waals surface area contributed by atoms with Crippen LogP contribution in [0.3, 0.4) is 0 Å². The van der Waals surface area contributed by atoms with Crippen LogP contribution in [0, 0.1) is 10.1 Å². The summed E-state index contributed by atoms with van der Waals surface area (Å²) in [5.74, 6) is -0.850. The number of benzene rings is 3. The molecule has 0 aromatic heterocycles. The molecule has 0 heterocycles. The van der Waals surface area contributed by atoms with Gasteiger partial charge in [0.1, 0.15) is 5.56 Å². The van der Waals surface area contributed by atoms with Crippen molar-refractivity contribution in [1.29, 1.82) is 0 Å². The number of hydrogen-bond acceptors (Lipinski definition) is 5. The lowest BCUT2D eigenvalue weighted by Crippen LogP contribution is -2.23. The summed E-state index contributed by atoms with van der Waals surface area (Å²) in [6.45, 7) is 0.165. The number of nitrogens with one attached hydrogen (secondary N) is 2. The van der Waals surface area contributed by atoms with Crippen molar-refractivity contribution in [1.82, 2.24) is 5.32 Å². The molecule has 29 heavy (non-hydrogen) atoms. The van der Waals surface area contributed by atoms with Gasteiger partial charge in [0.25, 0.3) is 17.5 Å².